The fourth-order valence-electron chi connectivity index (χ4n) is 3.58. The van der Waals surface area contributed by atoms with E-state index < -0.39 is 0 Å². The monoisotopic (exact) mass is 470 g/mol. The highest BCUT2D eigenvalue weighted by Gasteiger charge is 2.35. The van der Waals surface area contributed by atoms with Crippen molar-refractivity contribution in [1.82, 2.24) is 9.47 Å². The van der Waals surface area contributed by atoms with Gasteiger partial charge in [0.1, 0.15) is 0 Å². The van der Waals surface area contributed by atoms with Gasteiger partial charge in [0.15, 0.2) is 0 Å². The molecule has 0 N–H and O–H groups in total. The van der Waals surface area contributed by atoms with Crippen molar-refractivity contribution < 1.29 is 9.59 Å². The third kappa shape index (κ3) is 4.59. The number of rotatable bonds is 5. The van der Waals surface area contributed by atoms with Crippen LogP contribution in [0.2, 0.25) is 10.0 Å². The maximum absolute atomic E-state index is 12.9. The molecule has 1 aliphatic rings. The highest BCUT2D eigenvalue weighted by Crippen LogP contribution is 2.35. The molecule has 1 fully saturated rings. The lowest BCUT2D eigenvalue weighted by molar-refractivity contribution is -0.123. The number of nitrogens with zero attached hydrogens (tertiary/aromatic N) is 2. The van der Waals surface area contributed by atoms with Gasteiger partial charge in [-0.1, -0.05) is 59.6 Å². The number of hydrogen-bond acceptors (Lipinski definition) is 3. The predicted molar refractivity (Wildman–Crippen MR) is 127 cm³/mol. The van der Waals surface area contributed by atoms with E-state index in [2.05, 4.69) is 16.7 Å². The molecule has 0 bridgehead atoms. The molecule has 0 aliphatic carbocycles. The fourth-order valence-corrected chi connectivity index (χ4v) is 4.73. The summed E-state index contributed by atoms with van der Waals surface area (Å²) in [6.45, 7) is 4.99. The van der Waals surface area contributed by atoms with Crippen molar-refractivity contribution in [2.75, 3.05) is 0 Å². The normalized spacial score (nSPS) is 15.4. The van der Waals surface area contributed by atoms with Gasteiger partial charge < -0.3 is 4.57 Å². The van der Waals surface area contributed by atoms with Crippen LogP contribution in [0.1, 0.15) is 28.1 Å². The molecule has 7 heteroatoms. The topological polar surface area (TPSA) is 42.3 Å². The molecule has 0 atom stereocenters. The van der Waals surface area contributed by atoms with Gasteiger partial charge in [0.2, 0.25) is 0 Å². The van der Waals surface area contributed by atoms with Gasteiger partial charge in [-0.15, -0.1) is 0 Å². The number of thioether (sulfide) groups is 1. The van der Waals surface area contributed by atoms with E-state index in [1.165, 1.54) is 10.5 Å². The first-order chi connectivity index (χ1) is 14.8. The minimum Gasteiger partial charge on any atom is -0.344 e. The predicted octanol–water partition coefficient (Wildman–Crippen LogP) is 6.70. The van der Waals surface area contributed by atoms with Crippen molar-refractivity contribution >= 4 is 52.2 Å². The van der Waals surface area contributed by atoms with Crippen molar-refractivity contribution in [3.63, 3.8) is 0 Å². The van der Waals surface area contributed by atoms with Crippen LogP contribution in [0.25, 0.3) is 6.08 Å². The van der Waals surface area contributed by atoms with Gasteiger partial charge >= 0.3 is 0 Å². The van der Waals surface area contributed by atoms with E-state index >= 15 is 0 Å². The summed E-state index contributed by atoms with van der Waals surface area (Å²) in [5.41, 5.74) is 5.05. The van der Waals surface area contributed by atoms with E-state index in [0.29, 0.717) is 15.0 Å². The molecular formula is C24H20Cl2N2O2S. The van der Waals surface area contributed by atoms with Crippen LogP contribution in [0, 0.1) is 13.8 Å². The minimum atomic E-state index is -0.297. The molecule has 4 rings (SSSR count). The van der Waals surface area contributed by atoms with E-state index in [1.807, 2.05) is 44.2 Å². The van der Waals surface area contributed by atoms with Crippen LogP contribution in [0.4, 0.5) is 4.79 Å². The molecule has 0 spiro atoms. The quantitative estimate of drug-likeness (QED) is 0.389. The zero-order chi connectivity index (χ0) is 22.1. The Bertz CT molecular complexity index is 1200. The molecule has 3 aromatic rings. The first-order valence-electron chi connectivity index (χ1n) is 9.73. The summed E-state index contributed by atoms with van der Waals surface area (Å²) in [6, 6.07) is 17.4. The van der Waals surface area contributed by atoms with Crippen molar-refractivity contribution in [2.24, 2.45) is 0 Å². The van der Waals surface area contributed by atoms with E-state index in [9.17, 15) is 9.59 Å². The molecule has 0 saturated carbocycles. The summed E-state index contributed by atoms with van der Waals surface area (Å²) in [4.78, 5) is 27.1. The SMILES string of the molecule is Cc1cc(/C=C2\SC(=O)N(Cc3ccc(Cl)c(Cl)c3)C2=O)c(C)n1Cc1ccccc1. The largest absolute Gasteiger partial charge is 0.344 e. The summed E-state index contributed by atoms with van der Waals surface area (Å²) in [5.74, 6) is -0.297. The Labute approximate surface area is 195 Å². The zero-order valence-corrected chi connectivity index (χ0v) is 19.4. The summed E-state index contributed by atoms with van der Waals surface area (Å²) in [6.07, 6.45) is 1.81. The number of aryl methyl sites for hydroxylation is 1. The van der Waals surface area contributed by atoms with E-state index in [4.69, 9.17) is 23.2 Å². The van der Waals surface area contributed by atoms with Crippen molar-refractivity contribution in [1.29, 1.82) is 0 Å². The summed E-state index contributed by atoms with van der Waals surface area (Å²) in [5, 5.41) is 0.540. The van der Waals surface area contributed by atoms with Crippen molar-refractivity contribution in [3.05, 3.63) is 97.6 Å². The maximum atomic E-state index is 12.9. The third-order valence-electron chi connectivity index (χ3n) is 5.28. The summed E-state index contributed by atoms with van der Waals surface area (Å²) >= 11 is 13.0. The number of carbonyl (C=O) groups excluding carboxylic acids is 2. The molecule has 1 aromatic heterocycles. The number of halogens is 2. The molecule has 1 aliphatic heterocycles. The van der Waals surface area contributed by atoms with Crippen molar-refractivity contribution in [3.8, 4) is 0 Å². The summed E-state index contributed by atoms with van der Waals surface area (Å²) < 4.78 is 2.21. The fraction of sp³-hybridized carbons (Fsp3) is 0.167. The second-order valence-electron chi connectivity index (χ2n) is 7.41. The molecule has 158 valence electrons. The number of benzene rings is 2. The Hall–Kier alpha value is -2.47. The number of carbonyl (C=O) groups is 2. The molecule has 31 heavy (non-hydrogen) atoms. The van der Waals surface area contributed by atoms with Crippen LogP contribution in [0.5, 0.6) is 0 Å². The minimum absolute atomic E-state index is 0.159. The Kier molecular flexibility index (Phi) is 6.28. The lowest BCUT2D eigenvalue weighted by Gasteiger charge is -2.13. The lowest BCUT2D eigenvalue weighted by Crippen LogP contribution is -2.27. The maximum Gasteiger partial charge on any atom is 0.293 e. The highest BCUT2D eigenvalue weighted by molar-refractivity contribution is 8.18. The molecule has 2 heterocycles. The second kappa shape index (κ2) is 8.95. The molecule has 4 nitrogen and oxygen atoms in total. The van der Waals surface area contributed by atoms with Crippen LogP contribution in [0.3, 0.4) is 0 Å². The Morgan fingerprint density at radius 1 is 0.903 bits per heavy atom. The van der Waals surface area contributed by atoms with Gasteiger partial charge in [0, 0.05) is 17.9 Å². The van der Waals surface area contributed by atoms with Crippen LogP contribution < -0.4 is 0 Å². The van der Waals surface area contributed by atoms with E-state index in [-0.39, 0.29) is 17.7 Å². The van der Waals surface area contributed by atoms with Crippen LogP contribution in [-0.2, 0) is 17.9 Å². The van der Waals surface area contributed by atoms with Gasteiger partial charge in [-0.05, 0) is 66.6 Å². The number of amides is 2. The van der Waals surface area contributed by atoms with E-state index in [0.717, 1.165) is 40.8 Å². The van der Waals surface area contributed by atoms with Gasteiger partial charge in [-0.25, -0.2) is 0 Å². The number of hydrogen-bond donors (Lipinski definition) is 0. The van der Waals surface area contributed by atoms with Crippen LogP contribution in [-0.4, -0.2) is 20.6 Å². The Morgan fingerprint density at radius 3 is 2.35 bits per heavy atom. The Balaban J connectivity index is 1.56. The molecule has 2 aromatic carbocycles. The average Bonchev–Trinajstić information content (AvgIpc) is 3.16. The zero-order valence-electron chi connectivity index (χ0n) is 17.1. The highest BCUT2D eigenvalue weighted by atomic mass is 35.5. The van der Waals surface area contributed by atoms with E-state index in [1.54, 1.807) is 18.2 Å². The lowest BCUT2D eigenvalue weighted by atomic mass is 10.2. The molecule has 2 amide bonds. The van der Waals surface area contributed by atoms with Gasteiger partial charge in [-0.3, -0.25) is 14.5 Å². The Morgan fingerprint density at radius 2 is 1.65 bits per heavy atom. The van der Waals surface area contributed by atoms with Crippen LogP contribution in [0.15, 0.2) is 59.5 Å². The summed E-state index contributed by atoms with van der Waals surface area (Å²) in [7, 11) is 0. The first-order valence-corrected chi connectivity index (χ1v) is 11.3. The van der Waals surface area contributed by atoms with Crippen molar-refractivity contribution in [2.45, 2.75) is 26.9 Å². The number of aromatic nitrogens is 1. The molecular weight excluding hydrogens is 451 g/mol. The van der Waals surface area contributed by atoms with Gasteiger partial charge in [0.25, 0.3) is 11.1 Å². The first kappa shape index (κ1) is 21.8. The molecule has 1 saturated heterocycles. The standard InChI is InChI=1S/C24H20Cl2N2O2S/c1-15-10-19(16(2)27(15)13-17-6-4-3-5-7-17)12-22-23(29)28(24(30)31-22)14-18-8-9-20(25)21(26)11-18/h3-12H,13-14H2,1-2H3/b22-12-. The molecule has 0 unspecified atom stereocenters. The average molecular weight is 471 g/mol. The second-order valence-corrected chi connectivity index (χ2v) is 9.22. The van der Waals surface area contributed by atoms with Gasteiger partial charge in [0.05, 0.1) is 21.5 Å². The van der Waals surface area contributed by atoms with Crippen LogP contribution >= 0.6 is 35.0 Å². The smallest absolute Gasteiger partial charge is 0.293 e. The third-order valence-corrected chi connectivity index (χ3v) is 6.93. The molecule has 0 radical (unpaired) electrons. The van der Waals surface area contributed by atoms with Gasteiger partial charge in [-0.2, -0.15) is 0 Å². The number of imide groups is 1.